The Balaban J connectivity index is 1.82. The summed E-state index contributed by atoms with van der Waals surface area (Å²) in [7, 11) is -3.39. The molecule has 1 fully saturated rings. The van der Waals surface area contributed by atoms with Crippen LogP contribution in [0.4, 0.5) is 0 Å². The largest absolute Gasteiger partial charge is 0.364 e. The standard InChI is InChI=1S/C19H36N6O3S/c1-4-20-19(21-10-7-8-11-23(5-2)6-3)24-12-14-25(15-13-24)29(26,27)17-18-9-16-28-22-18/h9,16H,4-8,10-15,17H2,1-3H3,(H,20,21). The van der Waals surface area contributed by atoms with Gasteiger partial charge in [-0.05, 0) is 39.4 Å². The fourth-order valence-electron chi connectivity index (χ4n) is 3.37. The first-order valence-corrected chi connectivity index (χ1v) is 12.2. The van der Waals surface area contributed by atoms with Crippen molar-refractivity contribution in [2.24, 2.45) is 4.99 Å². The molecule has 1 aliphatic heterocycles. The second-order valence-corrected chi connectivity index (χ2v) is 9.07. The van der Waals surface area contributed by atoms with Crippen molar-refractivity contribution in [2.45, 2.75) is 39.4 Å². The fourth-order valence-corrected chi connectivity index (χ4v) is 4.79. The van der Waals surface area contributed by atoms with Gasteiger partial charge in [0.2, 0.25) is 10.0 Å². The average Bonchev–Trinajstić information content (AvgIpc) is 3.22. The Morgan fingerprint density at radius 2 is 1.93 bits per heavy atom. The van der Waals surface area contributed by atoms with Gasteiger partial charge in [0.25, 0.3) is 0 Å². The number of aromatic nitrogens is 1. The minimum absolute atomic E-state index is 0.121. The molecule has 0 aliphatic carbocycles. The maximum absolute atomic E-state index is 12.6. The number of guanidine groups is 1. The Morgan fingerprint density at radius 3 is 2.52 bits per heavy atom. The van der Waals surface area contributed by atoms with Gasteiger partial charge in [0, 0.05) is 45.3 Å². The van der Waals surface area contributed by atoms with Gasteiger partial charge in [-0.15, -0.1) is 0 Å². The van der Waals surface area contributed by atoms with Gasteiger partial charge in [0.05, 0.1) is 5.69 Å². The van der Waals surface area contributed by atoms with Crippen molar-refractivity contribution in [1.82, 2.24) is 24.6 Å². The second kappa shape index (κ2) is 12.1. The number of piperazine rings is 1. The van der Waals surface area contributed by atoms with Crippen LogP contribution in [-0.4, -0.2) is 92.5 Å². The molecule has 0 amide bonds. The van der Waals surface area contributed by atoms with E-state index in [4.69, 9.17) is 9.52 Å². The first-order chi connectivity index (χ1) is 14.0. The molecule has 0 radical (unpaired) electrons. The van der Waals surface area contributed by atoms with Crippen molar-refractivity contribution in [3.8, 4) is 0 Å². The third kappa shape index (κ3) is 7.60. The normalized spacial score (nSPS) is 16.6. The molecule has 1 aromatic heterocycles. The summed E-state index contributed by atoms with van der Waals surface area (Å²) in [4.78, 5) is 9.33. The molecule has 1 aliphatic rings. The van der Waals surface area contributed by atoms with Crippen LogP contribution in [0.5, 0.6) is 0 Å². The van der Waals surface area contributed by atoms with Crippen LogP contribution in [0, 0.1) is 0 Å². The van der Waals surface area contributed by atoms with E-state index >= 15 is 0 Å². The molecule has 2 rings (SSSR count). The lowest BCUT2D eigenvalue weighted by molar-refractivity contribution is 0.259. The molecule has 1 aromatic rings. The molecule has 1 saturated heterocycles. The van der Waals surface area contributed by atoms with E-state index in [9.17, 15) is 8.42 Å². The molecule has 0 unspecified atom stereocenters. The van der Waals surface area contributed by atoms with Gasteiger partial charge < -0.3 is 19.6 Å². The SMILES string of the molecule is CCNC(=NCCCCN(CC)CC)N1CCN(S(=O)(=O)Cc2ccon2)CC1. The van der Waals surface area contributed by atoms with Gasteiger partial charge in [-0.3, -0.25) is 4.99 Å². The van der Waals surface area contributed by atoms with Crippen molar-refractivity contribution in [2.75, 3.05) is 58.9 Å². The van der Waals surface area contributed by atoms with Crippen LogP contribution in [0.1, 0.15) is 39.3 Å². The molecule has 0 spiro atoms. The lowest BCUT2D eigenvalue weighted by atomic mass is 10.3. The van der Waals surface area contributed by atoms with E-state index in [-0.39, 0.29) is 5.75 Å². The number of nitrogens with zero attached hydrogens (tertiary/aromatic N) is 5. The van der Waals surface area contributed by atoms with Crippen molar-refractivity contribution in [3.05, 3.63) is 18.0 Å². The number of unbranched alkanes of at least 4 members (excludes halogenated alkanes) is 1. The van der Waals surface area contributed by atoms with E-state index in [1.807, 2.05) is 0 Å². The van der Waals surface area contributed by atoms with Crippen LogP contribution in [0.15, 0.2) is 21.8 Å². The molecule has 0 bridgehead atoms. The summed E-state index contributed by atoms with van der Waals surface area (Å²) in [5, 5.41) is 7.05. The predicted molar refractivity (Wildman–Crippen MR) is 115 cm³/mol. The summed E-state index contributed by atoms with van der Waals surface area (Å²) in [5.41, 5.74) is 0.437. The number of rotatable bonds is 11. The average molecular weight is 429 g/mol. The second-order valence-electron chi connectivity index (χ2n) is 7.10. The van der Waals surface area contributed by atoms with E-state index in [0.29, 0.717) is 31.9 Å². The maximum atomic E-state index is 12.6. The third-order valence-corrected chi connectivity index (χ3v) is 6.94. The zero-order valence-electron chi connectivity index (χ0n) is 18.0. The minimum atomic E-state index is -3.39. The summed E-state index contributed by atoms with van der Waals surface area (Å²) in [6.07, 6.45) is 3.58. The summed E-state index contributed by atoms with van der Waals surface area (Å²) in [5.74, 6) is 0.758. The Labute approximate surface area is 175 Å². The Bertz CT molecular complexity index is 696. The highest BCUT2D eigenvalue weighted by atomic mass is 32.2. The molecule has 29 heavy (non-hydrogen) atoms. The van der Waals surface area contributed by atoms with E-state index in [1.54, 1.807) is 6.07 Å². The number of hydrogen-bond donors (Lipinski definition) is 1. The van der Waals surface area contributed by atoms with Crippen LogP contribution < -0.4 is 5.32 Å². The van der Waals surface area contributed by atoms with E-state index in [1.165, 1.54) is 10.6 Å². The highest BCUT2D eigenvalue weighted by Gasteiger charge is 2.28. The van der Waals surface area contributed by atoms with E-state index in [0.717, 1.165) is 51.5 Å². The highest BCUT2D eigenvalue weighted by Crippen LogP contribution is 2.13. The molecule has 1 N–H and O–H groups in total. The summed E-state index contributed by atoms with van der Waals surface area (Å²) in [6, 6.07) is 1.59. The van der Waals surface area contributed by atoms with Crippen LogP contribution in [0.25, 0.3) is 0 Å². The van der Waals surface area contributed by atoms with Gasteiger partial charge in [-0.25, -0.2) is 8.42 Å². The highest BCUT2D eigenvalue weighted by molar-refractivity contribution is 7.88. The lowest BCUT2D eigenvalue weighted by Gasteiger charge is -2.35. The first-order valence-electron chi connectivity index (χ1n) is 10.6. The van der Waals surface area contributed by atoms with Crippen LogP contribution in [0.2, 0.25) is 0 Å². The Kier molecular flexibility index (Phi) is 9.89. The van der Waals surface area contributed by atoms with E-state index < -0.39 is 10.0 Å². The van der Waals surface area contributed by atoms with Crippen LogP contribution in [-0.2, 0) is 15.8 Å². The van der Waals surface area contributed by atoms with Gasteiger partial charge in [0.1, 0.15) is 12.0 Å². The molecule has 0 aromatic carbocycles. The molecule has 9 nitrogen and oxygen atoms in total. The molecule has 0 saturated carbocycles. The number of sulfonamides is 1. The molecule has 2 heterocycles. The summed E-state index contributed by atoms with van der Waals surface area (Å²) < 4.78 is 31.4. The first kappa shape index (κ1) is 23.6. The molecular weight excluding hydrogens is 392 g/mol. The number of aliphatic imine (C=N–C) groups is 1. The fraction of sp³-hybridized carbons (Fsp3) is 0.789. The van der Waals surface area contributed by atoms with Crippen molar-refractivity contribution >= 4 is 16.0 Å². The zero-order valence-corrected chi connectivity index (χ0v) is 18.8. The maximum Gasteiger partial charge on any atom is 0.220 e. The van der Waals surface area contributed by atoms with Gasteiger partial charge >= 0.3 is 0 Å². The van der Waals surface area contributed by atoms with Crippen molar-refractivity contribution < 1.29 is 12.9 Å². The zero-order chi connectivity index (χ0) is 21.1. The molecule has 0 atom stereocenters. The molecular formula is C19H36N6O3S. The number of nitrogens with one attached hydrogen (secondary N) is 1. The Morgan fingerprint density at radius 1 is 1.21 bits per heavy atom. The predicted octanol–water partition coefficient (Wildman–Crippen LogP) is 1.21. The minimum Gasteiger partial charge on any atom is -0.364 e. The molecule has 166 valence electrons. The smallest absolute Gasteiger partial charge is 0.220 e. The number of hydrogen-bond acceptors (Lipinski definition) is 6. The van der Waals surface area contributed by atoms with Crippen molar-refractivity contribution in [1.29, 1.82) is 0 Å². The third-order valence-electron chi connectivity index (χ3n) is 5.13. The van der Waals surface area contributed by atoms with Gasteiger partial charge in [-0.1, -0.05) is 19.0 Å². The monoisotopic (exact) mass is 428 g/mol. The van der Waals surface area contributed by atoms with Crippen molar-refractivity contribution in [3.63, 3.8) is 0 Å². The summed E-state index contributed by atoms with van der Waals surface area (Å²) >= 11 is 0. The van der Waals surface area contributed by atoms with Crippen LogP contribution >= 0.6 is 0 Å². The summed E-state index contributed by atoms with van der Waals surface area (Å²) in [6.45, 7) is 13.5. The molecule has 10 heteroatoms. The quantitative estimate of drug-likeness (QED) is 0.322. The Hall–Kier alpha value is -1.65. The van der Waals surface area contributed by atoms with Gasteiger partial charge in [0.15, 0.2) is 5.96 Å². The van der Waals surface area contributed by atoms with Gasteiger partial charge in [-0.2, -0.15) is 4.31 Å². The lowest BCUT2D eigenvalue weighted by Crippen LogP contribution is -2.53. The topological polar surface area (TPSA) is 94.3 Å². The van der Waals surface area contributed by atoms with Crippen LogP contribution in [0.3, 0.4) is 0 Å². The van der Waals surface area contributed by atoms with E-state index in [2.05, 4.69) is 41.0 Å².